The molecule has 0 radical (unpaired) electrons. The van der Waals surface area contributed by atoms with Crippen molar-refractivity contribution in [1.82, 2.24) is 14.8 Å². The number of benzene rings is 1. The number of likely N-dealkylation sites (N-methyl/N-ethyl adjacent to an activating group) is 1. The highest BCUT2D eigenvalue weighted by molar-refractivity contribution is 7.90. The van der Waals surface area contributed by atoms with Gasteiger partial charge in [0.2, 0.25) is 0 Å². The Labute approximate surface area is 232 Å². The first kappa shape index (κ1) is 28.7. The predicted molar refractivity (Wildman–Crippen MR) is 152 cm³/mol. The zero-order valence-electron chi connectivity index (χ0n) is 22.5. The van der Waals surface area contributed by atoms with E-state index in [-0.39, 0.29) is 33.7 Å². The van der Waals surface area contributed by atoms with Gasteiger partial charge in [0.15, 0.2) is 15.7 Å². The number of hydrogen-bond acceptors (Lipinski definition) is 8. The Balaban J connectivity index is 1.66. The molecule has 1 aromatic carbocycles. The molecule has 2 aromatic rings. The molecule has 12 heteroatoms. The smallest absolute Gasteiger partial charge is 0.269 e. The van der Waals surface area contributed by atoms with Gasteiger partial charge in [0.05, 0.1) is 32.6 Å². The maximum Gasteiger partial charge on any atom is 0.269 e. The van der Waals surface area contributed by atoms with Gasteiger partial charge < -0.3 is 19.9 Å². The highest BCUT2D eigenvalue weighted by Gasteiger charge is 2.29. The zero-order chi connectivity index (χ0) is 29.0. The summed E-state index contributed by atoms with van der Waals surface area (Å²) in [7, 11) is -1.82. The van der Waals surface area contributed by atoms with Crippen LogP contribution in [0.2, 0.25) is 0 Å². The van der Waals surface area contributed by atoms with Gasteiger partial charge in [-0.05, 0) is 62.4 Å². The Morgan fingerprint density at radius 1 is 1.10 bits per heavy atom. The van der Waals surface area contributed by atoms with E-state index < -0.39 is 14.8 Å². The van der Waals surface area contributed by atoms with E-state index >= 15 is 0 Å². The van der Waals surface area contributed by atoms with Gasteiger partial charge in [-0.1, -0.05) is 12.1 Å². The highest BCUT2D eigenvalue weighted by atomic mass is 32.2. The fourth-order valence-corrected chi connectivity index (χ4v) is 5.85. The number of nitro benzene ring substituents is 1. The van der Waals surface area contributed by atoms with Crippen molar-refractivity contribution >= 4 is 33.2 Å². The number of carbonyl (C=O) groups excluding carboxylic acids is 1. The molecule has 0 spiro atoms. The van der Waals surface area contributed by atoms with Crippen LogP contribution in [0.3, 0.4) is 0 Å². The predicted octanol–water partition coefficient (Wildman–Crippen LogP) is 3.63. The van der Waals surface area contributed by atoms with Gasteiger partial charge in [-0.2, -0.15) is 0 Å². The topological polar surface area (TPSA) is 149 Å². The second-order valence-corrected chi connectivity index (χ2v) is 11.7. The van der Waals surface area contributed by atoms with Crippen LogP contribution in [0.15, 0.2) is 81.5 Å². The Morgan fingerprint density at radius 2 is 1.77 bits per heavy atom. The molecular weight excluding hydrogens is 534 g/mol. The number of nitrogens with one attached hydrogen (secondary N) is 1. The van der Waals surface area contributed by atoms with Crippen LogP contribution in [0.4, 0.5) is 5.69 Å². The van der Waals surface area contributed by atoms with E-state index in [1.54, 1.807) is 19.9 Å². The third-order valence-corrected chi connectivity index (χ3v) is 8.55. The maximum atomic E-state index is 13.3. The molecule has 1 saturated heterocycles. The van der Waals surface area contributed by atoms with E-state index in [2.05, 4.69) is 14.9 Å². The standard InChI is InChI=1S/C28H31N5O6S/c1-19-25(30-20(2)26(19)28(35)32-15-13-31(3)14-16-32)17-22-8-11-24(5-4-12-29-27(22)34)40(38,39)18-21-6-9-23(10-7-21)33(36)37/h4-12,17,29,34H,13-16,18H2,1-3H3. The van der Waals surface area contributed by atoms with Crippen molar-refractivity contribution in [1.29, 1.82) is 0 Å². The molecule has 1 aromatic heterocycles. The average molecular weight is 566 g/mol. The van der Waals surface area contributed by atoms with Gasteiger partial charge in [0.25, 0.3) is 11.6 Å². The molecule has 11 nitrogen and oxygen atoms in total. The number of rotatable bonds is 6. The Kier molecular flexibility index (Phi) is 8.50. The number of aliphatic imine (C=N–C) groups is 1. The third kappa shape index (κ3) is 6.46. The summed E-state index contributed by atoms with van der Waals surface area (Å²) in [5.74, 6) is -0.665. The van der Waals surface area contributed by atoms with Crippen LogP contribution in [-0.4, -0.2) is 78.1 Å². The number of aromatic nitrogens is 1. The second-order valence-electron chi connectivity index (χ2n) is 9.71. The zero-order valence-corrected chi connectivity index (χ0v) is 23.3. The normalized spacial score (nSPS) is 17.1. The van der Waals surface area contributed by atoms with Crippen molar-refractivity contribution in [3.63, 3.8) is 0 Å². The van der Waals surface area contributed by atoms with Gasteiger partial charge in [-0.3, -0.25) is 19.9 Å². The number of H-pyrrole nitrogens is 1. The fourth-order valence-electron chi connectivity index (χ4n) is 4.49. The summed E-state index contributed by atoms with van der Waals surface area (Å²) in [6, 6.07) is 11.0. The van der Waals surface area contributed by atoms with Crippen LogP contribution in [0.5, 0.6) is 5.88 Å². The lowest BCUT2D eigenvalue weighted by molar-refractivity contribution is -0.384. The number of nitrogens with zero attached hydrogens (tertiary/aromatic N) is 4. The van der Waals surface area contributed by atoms with Crippen LogP contribution >= 0.6 is 0 Å². The van der Waals surface area contributed by atoms with Gasteiger partial charge in [0, 0.05) is 50.1 Å². The number of carbonyl (C=O) groups is 1. The molecule has 0 unspecified atom stereocenters. The summed E-state index contributed by atoms with van der Waals surface area (Å²) >= 11 is 0. The molecule has 2 aliphatic rings. The Bertz CT molecular complexity index is 1580. The van der Waals surface area contributed by atoms with Crippen molar-refractivity contribution in [2.45, 2.75) is 24.5 Å². The second kappa shape index (κ2) is 11.8. The van der Waals surface area contributed by atoms with E-state index in [1.165, 1.54) is 54.7 Å². The maximum absolute atomic E-state index is 13.3. The summed E-state index contributed by atoms with van der Waals surface area (Å²) in [5.41, 5.74) is 2.81. The van der Waals surface area contributed by atoms with Crippen molar-refractivity contribution in [2.24, 2.45) is 4.99 Å². The first-order chi connectivity index (χ1) is 19.0. The van der Waals surface area contributed by atoms with E-state index in [0.717, 1.165) is 13.1 Å². The summed E-state index contributed by atoms with van der Waals surface area (Å²) in [6.45, 7) is 6.43. The molecule has 2 aliphatic heterocycles. The molecule has 40 heavy (non-hydrogen) atoms. The van der Waals surface area contributed by atoms with E-state index in [0.29, 0.717) is 41.2 Å². The first-order valence-electron chi connectivity index (χ1n) is 12.6. The number of nitro groups is 1. The molecule has 0 atom stereocenters. The average Bonchev–Trinajstić information content (AvgIpc) is 3.23. The molecular formula is C28H31N5O6S. The van der Waals surface area contributed by atoms with Gasteiger partial charge in [-0.25, -0.2) is 8.42 Å². The third-order valence-electron chi connectivity index (χ3n) is 6.85. The number of amides is 1. The number of allylic oxidation sites excluding steroid dienone is 1. The largest absolute Gasteiger partial charge is 0.494 e. The minimum absolute atomic E-state index is 0.0150. The monoisotopic (exact) mass is 565 g/mol. The fraction of sp³-hybridized carbons (Fsp3) is 0.286. The van der Waals surface area contributed by atoms with Crippen LogP contribution < -0.4 is 0 Å². The summed E-state index contributed by atoms with van der Waals surface area (Å²) in [5, 5.41) is 21.6. The van der Waals surface area contributed by atoms with Crippen molar-refractivity contribution in [3.05, 3.63) is 92.8 Å². The lowest BCUT2D eigenvalue weighted by Gasteiger charge is -2.32. The molecule has 0 bridgehead atoms. The quantitative estimate of drug-likeness (QED) is 0.401. The Hall–Kier alpha value is -4.29. The number of aromatic amines is 1. The number of non-ortho nitro benzene ring substituents is 1. The molecule has 4 rings (SSSR count). The van der Waals surface area contributed by atoms with Crippen molar-refractivity contribution < 1.29 is 23.2 Å². The molecule has 1 fully saturated rings. The minimum Gasteiger partial charge on any atom is -0.494 e. The molecule has 0 aliphatic carbocycles. The van der Waals surface area contributed by atoms with Gasteiger partial charge >= 0.3 is 0 Å². The SMILES string of the molecule is CC1=NC(=Cc2ccc(S(=O)(=O)Cc3ccc([N+](=O)[O-])cc3)ccc[nH]c2O)C(C)=C1C(=O)N1CCN(C)CC1. The molecule has 3 heterocycles. The van der Waals surface area contributed by atoms with E-state index in [4.69, 9.17) is 0 Å². The van der Waals surface area contributed by atoms with Crippen molar-refractivity contribution in [2.75, 3.05) is 33.2 Å². The van der Waals surface area contributed by atoms with Gasteiger partial charge in [-0.15, -0.1) is 0 Å². The lowest BCUT2D eigenvalue weighted by Crippen LogP contribution is -2.48. The number of hydrogen-bond donors (Lipinski definition) is 2. The lowest BCUT2D eigenvalue weighted by atomic mass is 10.0. The van der Waals surface area contributed by atoms with Crippen LogP contribution in [0, 0.1) is 10.1 Å². The van der Waals surface area contributed by atoms with E-state index in [9.17, 15) is 28.4 Å². The summed E-state index contributed by atoms with van der Waals surface area (Å²) in [6.07, 6.45) is 3.00. The Morgan fingerprint density at radius 3 is 2.42 bits per heavy atom. The highest BCUT2D eigenvalue weighted by Crippen LogP contribution is 2.30. The molecule has 1 amide bonds. The summed E-state index contributed by atoms with van der Waals surface area (Å²) < 4.78 is 26.4. The molecule has 2 N–H and O–H groups in total. The van der Waals surface area contributed by atoms with Crippen LogP contribution in [0.25, 0.3) is 6.08 Å². The number of sulfone groups is 1. The first-order valence-corrected chi connectivity index (χ1v) is 14.3. The van der Waals surface area contributed by atoms with Crippen molar-refractivity contribution in [3.8, 4) is 5.88 Å². The number of piperazine rings is 1. The van der Waals surface area contributed by atoms with Crippen LogP contribution in [0.1, 0.15) is 25.0 Å². The minimum atomic E-state index is -3.84. The molecule has 210 valence electrons. The van der Waals surface area contributed by atoms with Crippen LogP contribution in [-0.2, 0) is 20.4 Å². The molecule has 0 saturated carbocycles. The van der Waals surface area contributed by atoms with E-state index in [1.807, 2.05) is 11.9 Å². The summed E-state index contributed by atoms with van der Waals surface area (Å²) in [4.78, 5) is 34.9. The number of aromatic hydroxyl groups is 1. The van der Waals surface area contributed by atoms with Gasteiger partial charge in [0.1, 0.15) is 0 Å².